The van der Waals surface area contributed by atoms with Gasteiger partial charge in [-0.15, -0.1) is 0 Å². The summed E-state index contributed by atoms with van der Waals surface area (Å²) in [6.45, 7) is 0. The minimum atomic E-state index is -1.08. The molecule has 0 heterocycles. The molecule has 0 aromatic heterocycles. The summed E-state index contributed by atoms with van der Waals surface area (Å²) in [5.41, 5.74) is 1.23. The molecular weight excluding hydrogens is 302 g/mol. The molecule has 2 N–H and O–H groups in total. The van der Waals surface area contributed by atoms with Crippen molar-refractivity contribution < 1.29 is 14.7 Å². The van der Waals surface area contributed by atoms with Crippen molar-refractivity contribution in [3.05, 3.63) is 83.9 Å². The molecule has 0 spiro atoms. The summed E-state index contributed by atoms with van der Waals surface area (Å²) in [5.74, 6) is -1.46. The monoisotopic (exact) mass is 317 g/mol. The number of rotatable bonds is 4. The fraction of sp³-hybridized carbons (Fsp3) is 0. The van der Waals surface area contributed by atoms with Crippen LogP contribution in [0.5, 0.6) is 0 Å². The molecule has 0 saturated carbocycles. The standard InChI is InChI=1S/C20H15NO3/c22-19(21-18-8-4-3-7-17(18)20(23)24)12-10-14-9-11-15-5-1-2-6-16(15)13-14/h1-13H,(H,21,22)(H,23,24)/b12-10+. The number of carboxylic acid groups (broad SMARTS) is 1. The summed E-state index contributed by atoms with van der Waals surface area (Å²) in [7, 11) is 0. The van der Waals surface area contributed by atoms with Crippen molar-refractivity contribution in [2.75, 3.05) is 5.32 Å². The van der Waals surface area contributed by atoms with Crippen LogP contribution in [-0.4, -0.2) is 17.0 Å². The Morgan fingerprint density at radius 2 is 1.58 bits per heavy atom. The maximum absolute atomic E-state index is 12.0. The average Bonchev–Trinajstić information content (AvgIpc) is 2.60. The quantitative estimate of drug-likeness (QED) is 0.709. The molecule has 4 nitrogen and oxygen atoms in total. The molecule has 3 aromatic carbocycles. The first-order valence-corrected chi connectivity index (χ1v) is 7.44. The van der Waals surface area contributed by atoms with Gasteiger partial charge >= 0.3 is 5.97 Å². The highest BCUT2D eigenvalue weighted by atomic mass is 16.4. The second-order valence-electron chi connectivity index (χ2n) is 5.28. The van der Waals surface area contributed by atoms with Gasteiger partial charge in [-0.1, -0.05) is 48.5 Å². The molecule has 0 bridgehead atoms. The zero-order valence-corrected chi connectivity index (χ0v) is 12.8. The normalized spacial score (nSPS) is 10.8. The maximum atomic E-state index is 12.0. The van der Waals surface area contributed by atoms with E-state index in [1.54, 1.807) is 24.3 Å². The SMILES string of the molecule is O=C(/C=C/c1ccc2ccccc2c1)Nc1ccccc1C(=O)O. The highest BCUT2D eigenvalue weighted by Crippen LogP contribution is 2.17. The molecule has 0 unspecified atom stereocenters. The molecule has 0 aliphatic heterocycles. The molecular formula is C20H15NO3. The van der Waals surface area contributed by atoms with Gasteiger partial charge in [0, 0.05) is 6.08 Å². The summed E-state index contributed by atoms with van der Waals surface area (Å²) in [6.07, 6.45) is 3.09. The van der Waals surface area contributed by atoms with Gasteiger partial charge in [0.05, 0.1) is 11.3 Å². The molecule has 118 valence electrons. The van der Waals surface area contributed by atoms with E-state index in [9.17, 15) is 9.59 Å². The zero-order chi connectivity index (χ0) is 16.9. The lowest BCUT2D eigenvalue weighted by molar-refractivity contribution is -0.111. The number of anilines is 1. The first-order valence-electron chi connectivity index (χ1n) is 7.44. The summed E-state index contributed by atoms with van der Waals surface area (Å²) in [6, 6.07) is 20.2. The van der Waals surface area contributed by atoms with Gasteiger partial charge in [-0.2, -0.15) is 0 Å². The van der Waals surface area contributed by atoms with E-state index in [-0.39, 0.29) is 17.2 Å². The fourth-order valence-corrected chi connectivity index (χ4v) is 2.44. The fourth-order valence-electron chi connectivity index (χ4n) is 2.44. The van der Waals surface area contributed by atoms with Crippen LogP contribution in [0.1, 0.15) is 15.9 Å². The number of hydrogen-bond acceptors (Lipinski definition) is 2. The average molecular weight is 317 g/mol. The van der Waals surface area contributed by atoms with Gasteiger partial charge in [0.1, 0.15) is 0 Å². The second-order valence-corrected chi connectivity index (χ2v) is 5.28. The smallest absolute Gasteiger partial charge is 0.337 e. The lowest BCUT2D eigenvalue weighted by Gasteiger charge is -2.05. The summed E-state index contributed by atoms with van der Waals surface area (Å²) < 4.78 is 0. The van der Waals surface area contributed by atoms with Gasteiger partial charge in [0.2, 0.25) is 5.91 Å². The number of aromatic carboxylic acids is 1. The van der Waals surface area contributed by atoms with Crippen LogP contribution in [0, 0.1) is 0 Å². The number of carboxylic acids is 1. The summed E-state index contributed by atoms with van der Waals surface area (Å²) in [4.78, 5) is 23.2. The van der Waals surface area contributed by atoms with Crippen molar-refractivity contribution in [2.45, 2.75) is 0 Å². The van der Waals surface area contributed by atoms with Crippen LogP contribution in [0.4, 0.5) is 5.69 Å². The van der Waals surface area contributed by atoms with Crippen LogP contribution in [0.25, 0.3) is 16.8 Å². The molecule has 0 atom stereocenters. The second kappa shape index (κ2) is 6.79. The number of carbonyl (C=O) groups is 2. The van der Waals surface area contributed by atoms with E-state index in [4.69, 9.17) is 5.11 Å². The molecule has 3 aromatic rings. The van der Waals surface area contributed by atoms with Crippen LogP contribution >= 0.6 is 0 Å². The molecule has 0 aliphatic rings. The van der Waals surface area contributed by atoms with E-state index in [0.717, 1.165) is 16.3 Å². The van der Waals surface area contributed by atoms with Crippen molar-refractivity contribution in [3.8, 4) is 0 Å². The Balaban J connectivity index is 1.76. The zero-order valence-electron chi connectivity index (χ0n) is 12.8. The Labute approximate surface area is 139 Å². The number of hydrogen-bond donors (Lipinski definition) is 2. The minimum Gasteiger partial charge on any atom is -0.478 e. The van der Waals surface area contributed by atoms with E-state index in [1.165, 1.54) is 12.1 Å². The number of amides is 1. The topological polar surface area (TPSA) is 66.4 Å². The largest absolute Gasteiger partial charge is 0.478 e. The van der Waals surface area contributed by atoms with Crippen LogP contribution in [0.2, 0.25) is 0 Å². The van der Waals surface area contributed by atoms with Crippen LogP contribution < -0.4 is 5.32 Å². The van der Waals surface area contributed by atoms with Gasteiger partial charge in [-0.05, 0) is 40.6 Å². The van der Waals surface area contributed by atoms with Gasteiger partial charge in [0.15, 0.2) is 0 Å². The van der Waals surface area contributed by atoms with Gasteiger partial charge in [0.25, 0.3) is 0 Å². The summed E-state index contributed by atoms with van der Waals surface area (Å²) >= 11 is 0. The number of fused-ring (bicyclic) bond motifs is 1. The third-order valence-corrected chi connectivity index (χ3v) is 3.62. The molecule has 0 radical (unpaired) electrons. The van der Waals surface area contributed by atoms with Crippen molar-refractivity contribution in [2.24, 2.45) is 0 Å². The molecule has 0 saturated heterocycles. The molecule has 1 amide bonds. The number of carbonyl (C=O) groups excluding carboxylic acids is 1. The Kier molecular flexibility index (Phi) is 4.38. The Morgan fingerprint density at radius 1 is 0.875 bits per heavy atom. The van der Waals surface area contributed by atoms with E-state index in [2.05, 4.69) is 5.32 Å². The van der Waals surface area contributed by atoms with Crippen molar-refractivity contribution in [3.63, 3.8) is 0 Å². The molecule has 4 heteroatoms. The highest BCUT2D eigenvalue weighted by molar-refractivity contribution is 6.06. The van der Waals surface area contributed by atoms with E-state index in [1.807, 2.05) is 42.5 Å². The summed E-state index contributed by atoms with van der Waals surface area (Å²) in [5, 5.41) is 13.9. The highest BCUT2D eigenvalue weighted by Gasteiger charge is 2.10. The van der Waals surface area contributed by atoms with Crippen LogP contribution in [-0.2, 0) is 4.79 Å². The Bertz CT molecular complexity index is 944. The minimum absolute atomic E-state index is 0.0601. The predicted molar refractivity (Wildman–Crippen MR) is 95.0 cm³/mol. The van der Waals surface area contributed by atoms with E-state index >= 15 is 0 Å². The van der Waals surface area contributed by atoms with Gasteiger partial charge < -0.3 is 10.4 Å². The molecule has 3 rings (SSSR count). The molecule has 24 heavy (non-hydrogen) atoms. The Morgan fingerprint density at radius 3 is 2.38 bits per heavy atom. The number of nitrogens with one attached hydrogen (secondary N) is 1. The van der Waals surface area contributed by atoms with Gasteiger partial charge in [-0.3, -0.25) is 4.79 Å². The Hall–Kier alpha value is -3.40. The van der Waals surface area contributed by atoms with E-state index in [0.29, 0.717) is 0 Å². The first-order chi connectivity index (χ1) is 11.6. The lowest BCUT2D eigenvalue weighted by atomic mass is 10.1. The number of para-hydroxylation sites is 1. The van der Waals surface area contributed by atoms with Crippen LogP contribution in [0.3, 0.4) is 0 Å². The van der Waals surface area contributed by atoms with E-state index < -0.39 is 5.97 Å². The molecule has 0 fully saturated rings. The third kappa shape index (κ3) is 3.50. The predicted octanol–water partition coefficient (Wildman–Crippen LogP) is 4.19. The molecule has 0 aliphatic carbocycles. The maximum Gasteiger partial charge on any atom is 0.337 e. The third-order valence-electron chi connectivity index (χ3n) is 3.62. The van der Waals surface area contributed by atoms with Crippen molar-refractivity contribution >= 4 is 34.4 Å². The van der Waals surface area contributed by atoms with Crippen molar-refractivity contribution in [1.29, 1.82) is 0 Å². The lowest BCUT2D eigenvalue weighted by Crippen LogP contribution is -2.11. The van der Waals surface area contributed by atoms with Gasteiger partial charge in [-0.25, -0.2) is 4.79 Å². The number of benzene rings is 3. The van der Waals surface area contributed by atoms with Crippen molar-refractivity contribution in [1.82, 2.24) is 0 Å². The first kappa shape index (κ1) is 15.5. The van der Waals surface area contributed by atoms with Crippen LogP contribution in [0.15, 0.2) is 72.8 Å².